The van der Waals surface area contributed by atoms with Crippen LogP contribution in [0.3, 0.4) is 0 Å². The summed E-state index contributed by atoms with van der Waals surface area (Å²) >= 11 is 0. The number of anilines is 1. The molecule has 0 saturated carbocycles. The number of para-hydroxylation sites is 1. The van der Waals surface area contributed by atoms with Crippen LogP contribution < -0.4 is 10.6 Å². The van der Waals surface area contributed by atoms with Crippen LogP contribution in [-0.2, 0) is 11.3 Å². The predicted molar refractivity (Wildman–Crippen MR) is 77.9 cm³/mol. The fourth-order valence-electron chi connectivity index (χ4n) is 1.75. The third-order valence-corrected chi connectivity index (χ3v) is 2.95. The second kappa shape index (κ2) is 6.70. The van der Waals surface area contributed by atoms with Gasteiger partial charge in [-0.25, -0.2) is 4.39 Å². The first-order chi connectivity index (χ1) is 9.65. The fourth-order valence-corrected chi connectivity index (χ4v) is 1.75. The van der Waals surface area contributed by atoms with Gasteiger partial charge in [-0.15, -0.1) is 0 Å². The molecule has 2 N–H and O–H groups in total. The van der Waals surface area contributed by atoms with Crippen molar-refractivity contribution in [3.63, 3.8) is 0 Å². The first-order valence-corrected chi connectivity index (χ1v) is 6.46. The van der Waals surface area contributed by atoms with Crippen molar-refractivity contribution >= 4 is 11.6 Å². The van der Waals surface area contributed by atoms with Crippen molar-refractivity contribution in [1.82, 2.24) is 5.32 Å². The monoisotopic (exact) mass is 272 g/mol. The highest BCUT2D eigenvalue weighted by Gasteiger charge is 2.03. The Balaban J connectivity index is 1.79. The molecule has 0 fully saturated rings. The van der Waals surface area contributed by atoms with E-state index < -0.39 is 0 Å². The largest absolute Gasteiger partial charge is 0.376 e. The van der Waals surface area contributed by atoms with Crippen molar-refractivity contribution in [3.8, 4) is 0 Å². The minimum absolute atomic E-state index is 0.130. The fraction of sp³-hybridized carbons (Fsp3) is 0.188. The summed E-state index contributed by atoms with van der Waals surface area (Å²) in [6.45, 7) is 2.23. The number of carbonyl (C=O) groups excluding carboxylic acids is 1. The zero-order valence-electron chi connectivity index (χ0n) is 11.3. The SMILES string of the molecule is Cc1ccc(CNC(=O)CNc2ccccc2)cc1F. The van der Waals surface area contributed by atoms with Gasteiger partial charge < -0.3 is 10.6 Å². The second-order valence-electron chi connectivity index (χ2n) is 4.58. The maximum absolute atomic E-state index is 13.3. The van der Waals surface area contributed by atoms with Gasteiger partial charge in [-0.1, -0.05) is 30.3 Å². The number of hydrogen-bond donors (Lipinski definition) is 2. The van der Waals surface area contributed by atoms with Gasteiger partial charge in [0.25, 0.3) is 0 Å². The number of nitrogens with one attached hydrogen (secondary N) is 2. The minimum Gasteiger partial charge on any atom is -0.376 e. The van der Waals surface area contributed by atoms with Crippen LogP contribution in [-0.4, -0.2) is 12.5 Å². The molecule has 20 heavy (non-hydrogen) atoms. The van der Waals surface area contributed by atoms with Gasteiger partial charge in [-0.2, -0.15) is 0 Å². The number of hydrogen-bond acceptors (Lipinski definition) is 2. The first kappa shape index (κ1) is 14.1. The van der Waals surface area contributed by atoms with E-state index >= 15 is 0 Å². The summed E-state index contributed by atoms with van der Waals surface area (Å²) in [5.74, 6) is -0.381. The highest BCUT2D eigenvalue weighted by Crippen LogP contribution is 2.09. The lowest BCUT2D eigenvalue weighted by Crippen LogP contribution is -2.29. The van der Waals surface area contributed by atoms with Gasteiger partial charge in [0.1, 0.15) is 5.82 Å². The summed E-state index contributed by atoms with van der Waals surface area (Å²) in [6.07, 6.45) is 0. The Bertz CT molecular complexity index is 584. The van der Waals surface area contributed by atoms with E-state index in [9.17, 15) is 9.18 Å². The normalized spacial score (nSPS) is 10.1. The summed E-state index contributed by atoms with van der Waals surface area (Å²) in [4.78, 5) is 11.7. The van der Waals surface area contributed by atoms with Crippen molar-refractivity contribution < 1.29 is 9.18 Å². The topological polar surface area (TPSA) is 41.1 Å². The Morgan fingerprint density at radius 1 is 1.15 bits per heavy atom. The number of carbonyl (C=O) groups is 1. The standard InChI is InChI=1S/C16H17FN2O/c1-12-7-8-13(9-15(12)17)10-19-16(20)11-18-14-5-3-2-4-6-14/h2-9,18H,10-11H2,1H3,(H,19,20). The Kier molecular flexibility index (Phi) is 4.71. The molecular formula is C16H17FN2O. The van der Waals surface area contributed by atoms with Gasteiger partial charge in [-0.05, 0) is 36.2 Å². The maximum atomic E-state index is 13.3. The highest BCUT2D eigenvalue weighted by molar-refractivity contribution is 5.80. The highest BCUT2D eigenvalue weighted by atomic mass is 19.1. The average Bonchev–Trinajstić information content (AvgIpc) is 2.47. The number of aryl methyl sites for hydroxylation is 1. The molecule has 0 aromatic heterocycles. The van der Waals surface area contributed by atoms with Crippen LogP contribution in [0, 0.1) is 12.7 Å². The Hall–Kier alpha value is -2.36. The molecule has 0 aliphatic rings. The van der Waals surface area contributed by atoms with Crippen LogP contribution in [0.1, 0.15) is 11.1 Å². The molecule has 4 heteroatoms. The molecule has 0 spiro atoms. The third-order valence-electron chi connectivity index (χ3n) is 2.95. The quantitative estimate of drug-likeness (QED) is 0.878. The average molecular weight is 272 g/mol. The van der Waals surface area contributed by atoms with E-state index in [1.54, 1.807) is 13.0 Å². The van der Waals surface area contributed by atoms with Gasteiger partial charge in [0.2, 0.25) is 5.91 Å². The van der Waals surface area contributed by atoms with E-state index in [0.29, 0.717) is 12.1 Å². The molecule has 104 valence electrons. The molecule has 1 amide bonds. The molecule has 0 bridgehead atoms. The molecule has 0 atom stereocenters. The predicted octanol–water partition coefficient (Wildman–Crippen LogP) is 2.86. The third kappa shape index (κ3) is 4.09. The van der Waals surface area contributed by atoms with Crippen molar-refractivity contribution in [2.24, 2.45) is 0 Å². The molecule has 2 rings (SSSR count). The number of rotatable bonds is 5. The minimum atomic E-state index is -0.251. The summed E-state index contributed by atoms with van der Waals surface area (Å²) in [6, 6.07) is 14.5. The van der Waals surface area contributed by atoms with E-state index in [4.69, 9.17) is 0 Å². The molecule has 0 radical (unpaired) electrons. The van der Waals surface area contributed by atoms with E-state index in [2.05, 4.69) is 10.6 Å². The van der Waals surface area contributed by atoms with Crippen LogP contribution in [0.2, 0.25) is 0 Å². The molecule has 0 unspecified atom stereocenters. The van der Waals surface area contributed by atoms with E-state index in [0.717, 1.165) is 11.3 Å². The van der Waals surface area contributed by atoms with Crippen LogP contribution in [0.4, 0.5) is 10.1 Å². The Morgan fingerprint density at radius 3 is 2.60 bits per heavy atom. The summed E-state index contributed by atoms with van der Waals surface area (Å²) in [7, 11) is 0. The van der Waals surface area contributed by atoms with Crippen molar-refractivity contribution in [1.29, 1.82) is 0 Å². The van der Waals surface area contributed by atoms with Crippen LogP contribution in [0.15, 0.2) is 48.5 Å². The van der Waals surface area contributed by atoms with Crippen molar-refractivity contribution in [2.45, 2.75) is 13.5 Å². The van der Waals surface area contributed by atoms with Gasteiger partial charge in [0.05, 0.1) is 6.54 Å². The summed E-state index contributed by atoms with van der Waals surface area (Å²) < 4.78 is 13.3. The molecule has 0 heterocycles. The van der Waals surface area contributed by atoms with Gasteiger partial charge in [0, 0.05) is 12.2 Å². The van der Waals surface area contributed by atoms with Crippen molar-refractivity contribution in [2.75, 3.05) is 11.9 Å². The van der Waals surface area contributed by atoms with E-state index in [1.165, 1.54) is 6.07 Å². The zero-order valence-corrected chi connectivity index (χ0v) is 11.3. The Labute approximate surface area is 117 Å². The van der Waals surface area contributed by atoms with Gasteiger partial charge in [0.15, 0.2) is 0 Å². The number of benzene rings is 2. The van der Waals surface area contributed by atoms with Crippen molar-refractivity contribution in [3.05, 3.63) is 65.5 Å². The van der Waals surface area contributed by atoms with Gasteiger partial charge in [-0.3, -0.25) is 4.79 Å². The number of halogens is 1. The molecule has 2 aromatic rings. The lowest BCUT2D eigenvalue weighted by Gasteiger charge is -2.08. The van der Waals surface area contributed by atoms with Gasteiger partial charge >= 0.3 is 0 Å². The van der Waals surface area contributed by atoms with Crippen LogP contribution in [0.5, 0.6) is 0 Å². The molecule has 2 aromatic carbocycles. The smallest absolute Gasteiger partial charge is 0.239 e. The number of amides is 1. The molecule has 0 aliphatic carbocycles. The van der Waals surface area contributed by atoms with Crippen LogP contribution >= 0.6 is 0 Å². The zero-order chi connectivity index (χ0) is 14.4. The summed E-state index contributed by atoms with van der Waals surface area (Å²) in [5, 5.41) is 5.76. The lowest BCUT2D eigenvalue weighted by molar-refractivity contribution is -0.119. The summed E-state index contributed by atoms with van der Waals surface area (Å²) in [5.41, 5.74) is 2.25. The van der Waals surface area contributed by atoms with E-state index in [-0.39, 0.29) is 18.3 Å². The molecule has 0 aliphatic heterocycles. The molecular weight excluding hydrogens is 255 g/mol. The molecule has 3 nitrogen and oxygen atoms in total. The maximum Gasteiger partial charge on any atom is 0.239 e. The van der Waals surface area contributed by atoms with Crippen LogP contribution in [0.25, 0.3) is 0 Å². The Morgan fingerprint density at radius 2 is 1.90 bits per heavy atom. The first-order valence-electron chi connectivity index (χ1n) is 6.46. The second-order valence-corrected chi connectivity index (χ2v) is 4.58. The molecule has 0 saturated heterocycles. The van der Waals surface area contributed by atoms with E-state index in [1.807, 2.05) is 36.4 Å². The lowest BCUT2D eigenvalue weighted by atomic mass is 10.1.